The van der Waals surface area contributed by atoms with E-state index < -0.39 is 8.32 Å². The fourth-order valence-corrected chi connectivity index (χ4v) is 3.91. The predicted octanol–water partition coefficient (Wildman–Crippen LogP) is 3.25. The normalized spacial score (nSPS) is 32.5. The highest BCUT2D eigenvalue weighted by atomic mass is 28.4. The summed E-state index contributed by atoms with van der Waals surface area (Å²) in [5, 5.41) is 0.205. The maximum Gasteiger partial charge on any atom is 0.192 e. The van der Waals surface area contributed by atoms with Crippen molar-refractivity contribution in [3.8, 4) is 0 Å². The van der Waals surface area contributed by atoms with Gasteiger partial charge in [0.15, 0.2) is 8.32 Å². The minimum Gasteiger partial charge on any atom is -0.416 e. The van der Waals surface area contributed by atoms with Gasteiger partial charge < -0.3 is 9.16 Å². The number of ether oxygens (including phenoxy) is 1. The Hall–Kier alpha value is -0.193. The Morgan fingerprint density at radius 3 is 2.68 bits per heavy atom. The van der Waals surface area contributed by atoms with E-state index in [1.54, 1.807) is 0 Å². The largest absolute Gasteiger partial charge is 0.416 e. The van der Waals surface area contributed by atoms with Gasteiger partial charge in [-0.1, -0.05) is 20.8 Å². The van der Waals surface area contributed by atoms with E-state index >= 15 is 0 Å². The lowest BCUT2D eigenvalue weighted by Crippen LogP contribution is -2.43. The van der Waals surface area contributed by atoms with E-state index in [1.807, 2.05) is 0 Å². The summed E-state index contributed by atoms with van der Waals surface area (Å²) in [7, 11) is -1.75. The molecule has 1 saturated heterocycles. The fourth-order valence-electron chi connectivity index (χ4n) is 2.88. The monoisotopic (exact) mass is 284 g/mol. The molecular formula is C15H28O3Si. The highest BCUT2D eigenvalue weighted by Crippen LogP contribution is 2.41. The van der Waals surface area contributed by atoms with Crippen LogP contribution in [0.3, 0.4) is 0 Å². The van der Waals surface area contributed by atoms with Crippen molar-refractivity contribution < 1.29 is 14.0 Å². The van der Waals surface area contributed by atoms with Crippen LogP contribution >= 0.6 is 0 Å². The SMILES string of the molecule is CC(C)(C)[Si](C)(C)OC[C@@H]1C(=O)C[C@H]2CCOC[C@@H]21. The van der Waals surface area contributed by atoms with E-state index in [0.29, 0.717) is 24.2 Å². The molecule has 0 aromatic rings. The van der Waals surface area contributed by atoms with E-state index in [0.717, 1.165) is 26.1 Å². The molecule has 1 heterocycles. The van der Waals surface area contributed by atoms with Crippen molar-refractivity contribution in [3.63, 3.8) is 0 Å². The Morgan fingerprint density at radius 2 is 2.05 bits per heavy atom. The van der Waals surface area contributed by atoms with E-state index in [2.05, 4.69) is 33.9 Å². The number of ketones is 1. The number of hydrogen-bond acceptors (Lipinski definition) is 3. The van der Waals surface area contributed by atoms with Crippen LogP contribution in [0.2, 0.25) is 18.1 Å². The second-order valence-corrected chi connectivity index (χ2v) is 12.4. The highest BCUT2D eigenvalue weighted by molar-refractivity contribution is 6.74. The fraction of sp³-hybridized carbons (Fsp3) is 0.933. The van der Waals surface area contributed by atoms with Crippen LogP contribution in [0.15, 0.2) is 0 Å². The first-order valence-corrected chi connectivity index (χ1v) is 10.4. The molecule has 1 aliphatic carbocycles. The molecule has 0 aromatic heterocycles. The van der Waals surface area contributed by atoms with Gasteiger partial charge in [-0.2, -0.15) is 0 Å². The average Bonchev–Trinajstić information content (AvgIpc) is 2.60. The van der Waals surface area contributed by atoms with Crippen molar-refractivity contribution in [2.75, 3.05) is 19.8 Å². The van der Waals surface area contributed by atoms with Crippen LogP contribution < -0.4 is 0 Å². The number of Topliss-reactive ketones (excluding diaryl/α,β-unsaturated/α-hetero) is 1. The van der Waals surface area contributed by atoms with Gasteiger partial charge >= 0.3 is 0 Å². The Balaban J connectivity index is 1.97. The van der Waals surface area contributed by atoms with Crippen LogP contribution in [0.4, 0.5) is 0 Å². The molecule has 4 heteroatoms. The Morgan fingerprint density at radius 1 is 1.37 bits per heavy atom. The first kappa shape index (κ1) is 15.2. The van der Waals surface area contributed by atoms with E-state index in [4.69, 9.17) is 9.16 Å². The molecule has 2 fully saturated rings. The summed E-state index contributed by atoms with van der Waals surface area (Å²) in [5.74, 6) is 1.44. The molecule has 0 aromatic carbocycles. The highest BCUT2D eigenvalue weighted by Gasteiger charge is 2.45. The molecule has 3 atom stereocenters. The number of rotatable bonds is 3. The van der Waals surface area contributed by atoms with Gasteiger partial charge in [0.2, 0.25) is 0 Å². The number of carbonyl (C=O) groups is 1. The standard InChI is InChI=1S/C15H28O3Si/c1-15(2,3)19(4,5)18-10-13-12-9-17-7-6-11(12)8-14(13)16/h11-13H,6-10H2,1-5H3/t11-,12+,13+/m1/s1. The Labute approximate surface area is 118 Å². The molecule has 0 spiro atoms. The molecule has 0 N–H and O–H groups in total. The molecule has 1 aliphatic heterocycles. The zero-order valence-electron chi connectivity index (χ0n) is 13.0. The van der Waals surface area contributed by atoms with Crippen LogP contribution in [0.5, 0.6) is 0 Å². The molecule has 0 amide bonds. The first-order chi connectivity index (χ1) is 8.72. The van der Waals surface area contributed by atoms with Crippen LogP contribution in [-0.4, -0.2) is 33.9 Å². The van der Waals surface area contributed by atoms with Gasteiger partial charge in [0.1, 0.15) is 5.78 Å². The van der Waals surface area contributed by atoms with Gasteiger partial charge in [0, 0.05) is 25.6 Å². The zero-order valence-corrected chi connectivity index (χ0v) is 14.0. The van der Waals surface area contributed by atoms with Gasteiger partial charge in [-0.25, -0.2) is 0 Å². The third kappa shape index (κ3) is 3.11. The van der Waals surface area contributed by atoms with E-state index in [1.165, 1.54) is 0 Å². The lowest BCUT2D eigenvalue weighted by atomic mass is 9.87. The maximum absolute atomic E-state index is 12.2. The molecule has 2 aliphatic rings. The van der Waals surface area contributed by atoms with Crippen molar-refractivity contribution in [2.24, 2.45) is 17.8 Å². The summed E-state index contributed by atoms with van der Waals surface area (Å²) in [6, 6.07) is 0. The number of carbonyl (C=O) groups excluding carboxylic acids is 1. The molecule has 0 radical (unpaired) electrons. The van der Waals surface area contributed by atoms with Gasteiger partial charge in [0.25, 0.3) is 0 Å². The topological polar surface area (TPSA) is 35.5 Å². The van der Waals surface area contributed by atoms with Crippen molar-refractivity contribution in [2.45, 2.75) is 51.7 Å². The molecular weight excluding hydrogens is 256 g/mol. The molecule has 1 saturated carbocycles. The Bertz CT molecular complexity index is 346. The van der Waals surface area contributed by atoms with E-state index in [-0.39, 0.29) is 11.0 Å². The quantitative estimate of drug-likeness (QED) is 0.746. The minimum absolute atomic E-state index is 0.0828. The maximum atomic E-state index is 12.2. The molecule has 0 bridgehead atoms. The zero-order chi connectivity index (χ0) is 14.3. The average molecular weight is 284 g/mol. The second-order valence-electron chi connectivity index (χ2n) is 7.64. The summed E-state index contributed by atoms with van der Waals surface area (Å²) in [6.07, 6.45) is 1.80. The molecule has 110 valence electrons. The summed E-state index contributed by atoms with van der Waals surface area (Å²) >= 11 is 0. The van der Waals surface area contributed by atoms with Gasteiger partial charge in [-0.05, 0) is 36.4 Å². The van der Waals surface area contributed by atoms with Crippen LogP contribution in [0.1, 0.15) is 33.6 Å². The van der Waals surface area contributed by atoms with Crippen molar-refractivity contribution in [1.29, 1.82) is 0 Å². The Kier molecular flexibility index (Phi) is 4.24. The van der Waals surface area contributed by atoms with Crippen LogP contribution in [-0.2, 0) is 14.0 Å². The van der Waals surface area contributed by atoms with Gasteiger partial charge in [0.05, 0.1) is 6.61 Å². The van der Waals surface area contributed by atoms with Crippen molar-refractivity contribution >= 4 is 14.1 Å². The number of fused-ring (bicyclic) bond motifs is 1. The summed E-state index contributed by atoms with van der Waals surface area (Å²) < 4.78 is 11.8. The third-order valence-corrected chi connectivity index (χ3v) is 9.87. The van der Waals surface area contributed by atoms with Crippen molar-refractivity contribution in [1.82, 2.24) is 0 Å². The third-order valence-electron chi connectivity index (χ3n) is 5.37. The summed E-state index contributed by atoms with van der Waals surface area (Å²) in [4.78, 5) is 12.2. The summed E-state index contributed by atoms with van der Waals surface area (Å²) in [6.45, 7) is 13.4. The predicted molar refractivity (Wildman–Crippen MR) is 78.7 cm³/mol. The minimum atomic E-state index is -1.75. The second kappa shape index (κ2) is 5.30. The van der Waals surface area contributed by atoms with Crippen LogP contribution in [0.25, 0.3) is 0 Å². The molecule has 2 rings (SSSR count). The van der Waals surface area contributed by atoms with Crippen molar-refractivity contribution in [3.05, 3.63) is 0 Å². The number of hydrogen-bond donors (Lipinski definition) is 0. The lowest BCUT2D eigenvalue weighted by molar-refractivity contribution is -0.122. The smallest absolute Gasteiger partial charge is 0.192 e. The van der Waals surface area contributed by atoms with E-state index in [9.17, 15) is 4.79 Å². The lowest BCUT2D eigenvalue weighted by Gasteiger charge is -2.38. The van der Waals surface area contributed by atoms with Gasteiger partial charge in [-0.3, -0.25) is 4.79 Å². The summed E-state index contributed by atoms with van der Waals surface area (Å²) in [5.41, 5.74) is 0. The van der Waals surface area contributed by atoms with Gasteiger partial charge in [-0.15, -0.1) is 0 Å². The first-order valence-electron chi connectivity index (χ1n) is 7.47. The molecule has 19 heavy (non-hydrogen) atoms. The van der Waals surface area contributed by atoms with Crippen LogP contribution in [0, 0.1) is 17.8 Å². The molecule has 3 nitrogen and oxygen atoms in total. The molecule has 0 unspecified atom stereocenters.